The van der Waals surface area contributed by atoms with Crippen molar-refractivity contribution in [3.63, 3.8) is 0 Å². The van der Waals surface area contributed by atoms with Crippen LogP contribution in [0.1, 0.15) is 51.9 Å². The highest BCUT2D eigenvalue weighted by Gasteiger charge is 1.81. The van der Waals surface area contributed by atoms with Crippen molar-refractivity contribution in [1.29, 1.82) is 0 Å². The van der Waals surface area contributed by atoms with Crippen molar-refractivity contribution in [2.24, 2.45) is 0 Å². The van der Waals surface area contributed by atoms with E-state index in [1.165, 1.54) is 25.7 Å². The van der Waals surface area contributed by atoms with Gasteiger partial charge < -0.3 is 0 Å². The van der Waals surface area contributed by atoms with Crippen LogP contribution in [0.2, 0.25) is 0 Å². The van der Waals surface area contributed by atoms with Crippen molar-refractivity contribution in [3.8, 4) is 11.8 Å². The first kappa shape index (κ1) is 11.3. The fourth-order valence-corrected chi connectivity index (χ4v) is 0.975. The third kappa shape index (κ3) is 9.30. The first-order valence-electron chi connectivity index (χ1n) is 4.98. The first-order valence-corrected chi connectivity index (χ1v) is 4.98. The molecule has 0 aromatic carbocycles. The van der Waals surface area contributed by atoms with E-state index < -0.39 is 0 Å². The van der Waals surface area contributed by atoms with Gasteiger partial charge in [-0.25, -0.2) is 0 Å². The van der Waals surface area contributed by atoms with Crippen molar-refractivity contribution in [2.45, 2.75) is 51.9 Å². The summed E-state index contributed by atoms with van der Waals surface area (Å²) in [6, 6.07) is 0. The molecule has 0 fully saturated rings. The summed E-state index contributed by atoms with van der Waals surface area (Å²) in [5, 5.41) is 0. The van der Waals surface area contributed by atoms with Gasteiger partial charge in [0, 0.05) is 12.8 Å². The van der Waals surface area contributed by atoms with E-state index in [1.54, 1.807) is 0 Å². The maximum absolute atomic E-state index is 3.67. The number of hydrogen-bond acceptors (Lipinski definition) is 0. The fraction of sp³-hybridized carbons (Fsp3) is 0.667. The Balaban J connectivity index is 3.06. The Bertz CT molecular complexity index is 145. The normalized spacial score (nSPS) is 8.75. The van der Waals surface area contributed by atoms with Crippen LogP contribution in [0.25, 0.3) is 0 Å². The molecule has 0 spiro atoms. The molecule has 12 heavy (non-hydrogen) atoms. The van der Waals surface area contributed by atoms with E-state index in [0.29, 0.717) is 0 Å². The maximum atomic E-state index is 3.67. The zero-order valence-electron chi connectivity index (χ0n) is 8.23. The molecule has 68 valence electrons. The molecule has 0 saturated heterocycles. The highest BCUT2D eigenvalue weighted by Crippen LogP contribution is 1.98. The molecule has 0 aliphatic carbocycles. The van der Waals surface area contributed by atoms with Gasteiger partial charge in [-0.05, 0) is 19.3 Å². The molecule has 0 heterocycles. The van der Waals surface area contributed by atoms with E-state index in [9.17, 15) is 0 Å². The third-order valence-electron chi connectivity index (χ3n) is 1.74. The predicted octanol–water partition coefficient (Wildman–Crippen LogP) is 3.93. The molecule has 0 aromatic rings. The van der Waals surface area contributed by atoms with E-state index in [2.05, 4.69) is 25.3 Å². The van der Waals surface area contributed by atoms with Gasteiger partial charge in [0.1, 0.15) is 0 Å². The van der Waals surface area contributed by atoms with Gasteiger partial charge in [0.05, 0.1) is 0 Å². The summed E-state index contributed by atoms with van der Waals surface area (Å²) >= 11 is 0. The van der Waals surface area contributed by atoms with Crippen LogP contribution in [0, 0.1) is 11.8 Å². The topological polar surface area (TPSA) is 0 Å². The van der Waals surface area contributed by atoms with E-state index in [4.69, 9.17) is 0 Å². The lowest BCUT2D eigenvalue weighted by Gasteiger charge is -1.89. The van der Waals surface area contributed by atoms with Crippen LogP contribution in [-0.2, 0) is 0 Å². The minimum absolute atomic E-state index is 1.04. The average Bonchev–Trinajstić information content (AvgIpc) is 2.10. The Kier molecular flexibility index (Phi) is 9.70. The molecule has 0 nitrogen and oxygen atoms in total. The SMILES string of the molecule is C=CCCCC#CCCCCC. The number of rotatable bonds is 6. The molecule has 0 atom stereocenters. The van der Waals surface area contributed by atoms with Crippen LogP contribution >= 0.6 is 0 Å². The van der Waals surface area contributed by atoms with Gasteiger partial charge in [-0.15, -0.1) is 18.4 Å². The molecule has 0 aliphatic heterocycles. The van der Waals surface area contributed by atoms with Crippen LogP contribution in [0.3, 0.4) is 0 Å². The predicted molar refractivity (Wildman–Crippen MR) is 56.0 cm³/mol. The highest BCUT2D eigenvalue weighted by molar-refractivity contribution is 4.98. The van der Waals surface area contributed by atoms with Gasteiger partial charge in [0.15, 0.2) is 0 Å². The molecule has 0 heteroatoms. The standard InChI is InChI=1S/C12H20/c1-3-5-7-9-11-12-10-8-6-4-2/h3H,1,4-10H2,2H3. The Hall–Kier alpha value is -0.700. The lowest BCUT2D eigenvalue weighted by atomic mass is 10.2. The Morgan fingerprint density at radius 2 is 1.75 bits per heavy atom. The molecule has 0 saturated carbocycles. The summed E-state index contributed by atoms with van der Waals surface area (Å²) in [5.41, 5.74) is 0. The first-order chi connectivity index (χ1) is 5.91. The second kappa shape index (κ2) is 10.3. The van der Waals surface area contributed by atoms with Gasteiger partial charge in [0.25, 0.3) is 0 Å². The maximum Gasteiger partial charge on any atom is 0.00916 e. The molecular formula is C12H20. The molecule has 0 rings (SSSR count). The van der Waals surface area contributed by atoms with Crippen LogP contribution in [0.4, 0.5) is 0 Å². The van der Waals surface area contributed by atoms with Crippen LogP contribution in [-0.4, -0.2) is 0 Å². The Labute approximate surface area is 77.1 Å². The summed E-state index contributed by atoms with van der Waals surface area (Å²) in [6.07, 6.45) is 10.2. The molecule has 0 amide bonds. The Morgan fingerprint density at radius 3 is 2.33 bits per heavy atom. The minimum atomic E-state index is 1.04. The van der Waals surface area contributed by atoms with Gasteiger partial charge in [0.2, 0.25) is 0 Å². The molecule has 0 aromatic heterocycles. The quantitative estimate of drug-likeness (QED) is 0.317. The van der Waals surface area contributed by atoms with Crippen molar-refractivity contribution < 1.29 is 0 Å². The van der Waals surface area contributed by atoms with Crippen molar-refractivity contribution >= 4 is 0 Å². The largest absolute Gasteiger partial charge is 0.103 e. The molecule has 0 bridgehead atoms. The molecule has 0 aliphatic rings. The summed E-state index contributed by atoms with van der Waals surface area (Å²) in [7, 11) is 0. The van der Waals surface area contributed by atoms with Crippen molar-refractivity contribution in [2.75, 3.05) is 0 Å². The zero-order chi connectivity index (χ0) is 9.07. The highest BCUT2D eigenvalue weighted by atomic mass is 13.9. The van der Waals surface area contributed by atoms with E-state index in [-0.39, 0.29) is 0 Å². The monoisotopic (exact) mass is 164 g/mol. The van der Waals surface area contributed by atoms with E-state index in [1.807, 2.05) is 6.08 Å². The Morgan fingerprint density at radius 1 is 1.08 bits per heavy atom. The lowest BCUT2D eigenvalue weighted by Crippen LogP contribution is -1.72. The average molecular weight is 164 g/mol. The second-order valence-electron chi connectivity index (χ2n) is 2.99. The molecular weight excluding hydrogens is 144 g/mol. The molecule has 0 N–H and O–H groups in total. The number of allylic oxidation sites excluding steroid dienone is 1. The van der Waals surface area contributed by atoms with Crippen LogP contribution in [0.5, 0.6) is 0 Å². The van der Waals surface area contributed by atoms with E-state index >= 15 is 0 Å². The van der Waals surface area contributed by atoms with Gasteiger partial charge >= 0.3 is 0 Å². The van der Waals surface area contributed by atoms with Crippen molar-refractivity contribution in [3.05, 3.63) is 12.7 Å². The molecule has 0 radical (unpaired) electrons. The summed E-state index contributed by atoms with van der Waals surface area (Å²) < 4.78 is 0. The van der Waals surface area contributed by atoms with Crippen LogP contribution in [0.15, 0.2) is 12.7 Å². The van der Waals surface area contributed by atoms with Gasteiger partial charge in [-0.3, -0.25) is 0 Å². The second-order valence-corrected chi connectivity index (χ2v) is 2.99. The molecule has 0 unspecified atom stereocenters. The van der Waals surface area contributed by atoms with Gasteiger partial charge in [-0.1, -0.05) is 25.8 Å². The summed E-state index contributed by atoms with van der Waals surface area (Å²) in [5.74, 6) is 6.38. The van der Waals surface area contributed by atoms with E-state index in [0.717, 1.165) is 19.3 Å². The smallest absolute Gasteiger partial charge is 0.00916 e. The van der Waals surface area contributed by atoms with Crippen LogP contribution < -0.4 is 0 Å². The fourth-order valence-electron chi connectivity index (χ4n) is 0.975. The third-order valence-corrected chi connectivity index (χ3v) is 1.74. The number of hydrogen-bond donors (Lipinski definition) is 0. The van der Waals surface area contributed by atoms with Crippen molar-refractivity contribution in [1.82, 2.24) is 0 Å². The number of unbranched alkanes of at least 4 members (excludes halogenated alkanes) is 5. The lowest BCUT2D eigenvalue weighted by molar-refractivity contribution is 0.736. The minimum Gasteiger partial charge on any atom is -0.103 e. The summed E-state index contributed by atoms with van der Waals surface area (Å²) in [6.45, 7) is 5.89. The van der Waals surface area contributed by atoms with Gasteiger partial charge in [-0.2, -0.15) is 0 Å². The summed E-state index contributed by atoms with van der Waals surface area (Å²) in [4.78, 5) is 0. The zero-order valence-corrected chi connectivity index (χ0v) is 8.23.